The Morgan fingerprint density at radius 1 is 1.00 bits per heavy atom. The van der Waals surface area contributed by atoms with E-state index in [1.807, 2.05) is 0 Å². The van der Waals surface area contributed by atoms with E-state index in [0.29, 0.717) is 0 Å². The molecule has 1 nitrogen and oxygen atoms in total. The van der Waals surface area contributed by atoms with E-state index < -0.39 is 0 Å². The van der Waals surface area contributed by atoms with Crippen molar-refractivity contribution in [3.63, 3.8) is 0 Å². The van der Waals surface area contributed by atoms with Gasteiger partial charge in [0.1, 0.15) is 0 Å². The van der Waals surface area contributed by atoms with Crippen LogP contribution in [-0.2, 0) is 0 Å². The molecule has 3 aliphatic rings. The van der Waals surface area contributed by atoms with Crippen LogP contribution in [0.5, 0.6) is 0 Å². The van der Waals surface area contributed by atoms with Gasteiger partial charge in [0, 0.05) is 6.04 Å². The molecule has 15 heavy (non-hydrogen) atoms. The Kier molecular flexibility index (Phi) is 2.76. The van der Waals surface area contributed by atoms with Crippen LogP contribution in [0.25, 0.3) is 0 Å². The predicted molar refractivity (Wildman–Crippen MR) is 63.7 cm³/mol. The minimum Gasteiger partial charge on any atom is -0.313 e. The van der Waals surface area contributed by atoms with E-state index in [0.717, 1.165) is 29.7 Å². The first-order valence-corrected chi connectivity index (χ1v) is 7.08. The van der Waals surface area contributed by atoms with E-state index >= 15 is 0 Å². The van der Waals surface area contributed by atoms with Gasteiger partial charge in [-0.15, -0.1) is 0 Å². The van der Waals surface area contributed by atoms with Gasteiger partial charge >= 0.3 is 0 Å². The second-order valence-electron chi connectivity index (χ2n) is 6.28. The molecule has 0 bridgehead atoms. The van der Waals surface area contributed by atoms with Gasteiger partial charge in [0.25, 0.3) is 0 Å². The van der Waals surface area contributed by atoms with Crippen molar-refractivity contribution < 1.29 is 0 Å². The topological polar surface area (TPSA) is 12.0 Å². The minimum absolute atomic E-state index is 0.915. The van der Waals surface area contributed by atoms with E-state index in [1.165, 1.54) is 51.5 Å². The number of hydrogen-bond donors (Lipinski definition) is 1. The van der Waals surface area contributed by atoms with Gasteiger partial charge in [-0.2, -0.15) is 0 Å². The molecule has 0 aliphatic heterocycles. The molecule has 0 radical (unpaired) electrons. The van der Waals surface area contributed by atoms with Gasteiger partial charge in [0.05, 0.1) is 0 Å². The van der Waals surface area contributed by atoms with Crippen LogP contribution in [0.2, 0.25) is 0 Å². The quantitative estimate of drug-likeness (QED) is 0.730. The van der Waals surface area contributed by atoms with Crippen LogP contribution in [0.1, 0.15) is 51.9 Å². The van der Waals surface area contributed by atoms with Crippen LogP contribution in [0, 0.1) is 23.7 Å². The third kappa shape index (κ3) is 2.38. The van der Waals surface area contributed by atoms with Gasteiger partial charge in [0.2, 0.25) is 0 Å². The summed E-state index contributed by atoms with van der Waals surface area (Å²) in [4.78, 5) is 0. The van der Waals surface area contributed by atoms with Crippen molar-refractivity contribution in [2.24, 2.45) is 23.7 Å². The van der Waals surface area contributed by atoms with Crippen LogP contribution in [0.4, 0.5) is 0 Å². The summed E-state index contributed by atoms with van der Waals surface area (Å²) in [7, 11) is 0. The maximum Gasteiger partial charge on any atom is 0.0124 e. The van der Waals surface area contributed by atoms with E-state index in [9.17, 15) is 0 Å². The van der Waals surface area contributed by atoms with Gasteiger partial charge in [-0.1, -0.05) is 19.8 Å². The minimum atomic E-state index is 0.915. The molecule has 1 N–H and O–H groups in total. The summed E-state index contributed by atoms with van der Waals surface area (Å²) in [6.45, 7) is 3.77. The smallest absolute Gasteiger partial charge is 0.0124 e. The summed E-state index contributed by atoms with van der Waals surface area (Å²) < 4.78 is 0. The Bertz CT molecular complexity index is 205. The lowest BCUT2D eigenvalue weighted by Gasteiger charge is -2.22. The molecular formula is C14H25N. The van der Waals surface area contributed by atoms with Gasteiger partial charge < -0.3 is 5.32 Å². The Morgan fingerprint density at radius 2 is 1.67 bits per heavy atom. The first-order valence-electron chi connectivity index (χ1n) is 7.08. The normalized spacial score (nSPS) is 36.4. The zero-order chi connectivity index (χ0) is 10.3. The molecule has 0 heterocycles. The highest BCUT2D eigenvalue weighted by Gasteiger charge is 2.41. The molecule has 0 saturated heterocycles. The molecule has 3 aliphatic carbocycles. The molecule has 0 aromatic carbocycles. The van der Waals surface area contributed by atoms with Crippen molar-refractivity contribution in [3.05, 3.63) is 0 Å². The highest BCUT2D eigenvalue weighted by atomic mass is 15.0. The molecule has 0 spiro atoms. The van der Waals surface area contributed by atoms with Gasteiger partial charge in [-0.05, 0) is 62.3 Å². The zero-order valence-corrected chi connectivity index (χ0v) is 10.0. The fourth-order valence-corrected chi connectivity index (χ4v) is 3.44. The molecule has 3 saturated carbocycles. The number of nitrogens with one attached hydrogen (secondary N) is 1. The average molecular weight is 207 g/mol. The second kappa shape index (κ2) is 4.08. The predicted octanol–water partition coefficient (Wildman–Crippen LogP) is 3.20. The van der Waals surface area contributed by atoms with Crippen molar-refractivity contribution in [1.29, 1.82) is 0 Å². The van der Waals surface area contributed by atoms with E-state index in [2.05, 4.69) is 12.2 Å². The van der Waals surface area contributed by atoms with Crippen LogP contribution in [0.3, 0.4) is 0 Å². The summed E-state index contributed by atoms with van der Waals surface area (Å²) in [5.41, 5.74) is 0. The summed E-state index contributed by atoms with van der Waals surface area (Å²) in [6.07, 6.45) is 10.5. The Labute approximate surface area is 94.0 Å². The van der Waals surface area contributed by atoms with Crippen molar-refractivity contribution >= 4 is 0 Å². The third-order valence-electron chi connectivity index (χ3n) is 4.91. The standard InChI is InChI=1S/C14H25N/c1-10-3-2-4-13(10)9-15-14(11-5-6-11)12-7-8-12/h10-15H,2-9H2,1H3. The molecule has 2 atom stereocenters. The maximum atomic E-state index is 3.92. The van der Waals surface area contributed by atoms with Gasteiger partial charge in [-0.25, -0.2) is 0 Å². The lowest BCUT2D eigenvalue weighted by Crippen LogP contribution is -2.37. The molecule has 3 rings (SSSR count). The summed E-state index contributed by atoms with van der Waals surface area (Å²) in [5.74, 6) is 4.10. The molecule has 2 unspecified atom stereocenters. The van der Waals surface area contributed by atoms with Crippen LogP contribution in [0.15, 0.2) is 0 Å². The highest BCUT2D eigenvalue weighted by Crippen LogP contribution is 2.44. The fourth-order valence-electron chi connectivity index (χ4n) is 3.44. The van der Waals surface area contributed by atoms with Crippen LogP contribution >= 0.6 is 0 Å². The monoisotopic (exact) mass is 207 g/mol. The number of rotatable bonds is 5. The average Bonchev–Trinajstić information content (AvgIpc) is 3.11. The first-order chi connectivity index (χ1) is 7.34. The van der Waals surface area contributed by atoms with Crippen molar-refractivity contribution in [1.82, 2.24) is 5.32 Å². The van der Waals surface area contributed by atoms with Crippen LogP contribution < -0.4 is 5.32 Å². The van der Waals surface area contributed by atoms with E-state index in [4.69, 9.17) is 0 Å². The van der Waals surface area contributed by atoms with Crippen molar-refractivity contribution in [3.8, 4) is 0 Å². The Balaban J connectivity index is 1.46. The summed E-state index contributed by atoms with van der Waals surface area (Å²) >= 11 is 0. The highest BCUT2D eigenvalue weighted by molar-refractivity contribution is 4.96. The maximum absolute atomic E-state index is 3.92. The van der Waals surface area contributed by atoms with Gasteiger partial charge in [0.15, 0.2) is 0 Å². The largest absolute Gasteiger partial charge is 0.313 e. The molecule has 86 valence electrons. The SMILES string of the molecule is CC1CCCC1CNC(C1CC1)C1CC1. The van der Waals surface area contributed by atoms with Crippen LogP contribution in [-0.4, -0.2) is 12.6 Å². The number of hydrogen-bond acceptors (Lipinski definition) is 1. The molecule has 3 fully saturated rings. The fraction of sp³-hybridized carbons (Fsp3) is 1.00. The third-order valence-corrected chi connectivity index (χ3v) is 4.91. The lowest BCUT2D eigenvalue weighted by atomic mass is 9.97. The summed E-state index contributed by atoms with van der Waals surface area (Å²) in [6, 6.07) is 0.915. The molecule has 0 aromatic rings. The van der Waals surface area contributed by atoms with Crippen molar-refractivity contribution in [2.75, 3.05) is 6.54 Å². The summed E-state index contributed by atoms with van der Waals surface area (Å²) in [5, 5.41) is 3.92. The van der Waals surface area contributed by atoms with E-state index in [1.54, 1.807) is 0 Å². The molecule has 1 heteroatoms. The van der Waals surface area contributed by atoms with Gasteiger partial charge in [-0.3, -0.25) is 0 Å². The molecule has 0 aromatic heterocycles. The Morgan fingerprint density at radius 3 is 2.13 bits per heavy atom. The van der Waals surface area contributed by atoms with Crippen molar-refractivity contribution in [2.45, 2.75) is 57.9 Å². The second-order valence-corrected chi connectivity index (χ2v) is 6.28. The first kappa shape index (κ1) is 10.1. The zero-order valence-electron chi connectivity index (χ0n) is 10.0. The lowest BCUT2D eigenvalue weighted by molar-refractivity contribution is 0.335. The van der Waals surface area contributed by atoms with E-state index in [-0.39, 0.29) is 0 Å². The molecule has 0 amide bonds. The Hall–Kier alpha value is -0.0400. The molecular weight excluding hydrogens is 182 g/mol.